The molecule has 0 saturated carbocycles. The number of thioether (sulfide) groups is 1. The van der Waals surface area contributed by atoms with E-state index in [4.69, 9.17) is 20.3 Å². The van der Waals surface area contributed by atoms with Crippen molar-refractivity contribution in [1.82, 2.24) is 31.5 Å². The van der Waals surface area contributed by atoms with Crippen LogP contribution < -0.4 is 32.3 Å². The van der Waals surface area contributed by atoms with Gasteiger partial charge in [-0.05, 0) is 38.5 Å². The highest BCUT2D eigenvalue weighted by molar-refractivity contribution is 8.00. The maximum atomic E-state index is 12.6. The highest BCUT2D eigenvalue weighted by atomic mass is 32.2. The fourth-order valence-electron chi connectivity index (χ4n) is 5.95. The first-order valence-corrected chi connectivity index (χ1v) is 22.7. The van der Waals surface area contributed by atoms with Gasteiger partial charge < -0.3 is 56.6 Å². The number of nitrogens with zero attached hydrogens (tertiary/aromatic N) is 1. The predicted molar refractivity (Wildman–Crippen MR) is 190 cm³/mol. The van der Waals surface area contributed by atoms with Crippen LogP contribution in [0.25, 0.3) is 0 Å². The van der Waals surface area contributed by atoms with Crippen LogP contribution in [0.2, 0.25) is 0 Å². The summed E-state index contributed by atoms with van der Waals surface area (Å²) in [5.74, 6) is 6.30. The van der Waals surface area contributed by atoms with E-state index in [9.17, 15) is 42.7 Å². The summed E-state index contributed by atoms with van der Waals surface area (Å²) in [7, 11) is -16.5. The van der Waals surface area contributed by atoms with Crippen molar-refractivity contribution in [2.45, 2.75) is 100 Å². The summed E-state index contributed by atoms with van der Waals surface area (Å²) < 4.78 is 51.9. The van der Waals surface area contributed by atoms with E-state index < -0.39 is 54.6 Å². The van der Waals surface area contributed by atoms with E-state index in [2.05, 4.69) is 51.6 Å². The summed E-state index contributed by atoms with van der Waals surface area (Å²) in [4.78, 5) is 85.8. The molecule has 3 unspecified atom stereocenters. The van der Waals surface area contributed by atoms with Crippen LogP contribution in [0.5, 0.6) is 0 Å². The van der Waals surface area contributed by atoms with E-state index in [1.165, 1.54) is 11.1 Å². The van der Waals surface area contributed by atoms with Crippen molar-refractivity contribution in [3.63, 3.8) is 0 Å². The summed E-state index contributed by atoms with van der Waals surface area (Å²) in [5.41, 5.74) is 6.29. The van der Waals surface area contributed by atoms with E-state index in [-0.39, 0.29) is 55.7 Å². The molecule has 54 heavy (non-hydrogen) atoms. The second-order valence-corrected chi connectivity index (χ2v) is 18.4. The van der Waals surface area contributed by atoms with Crippen molar-refractivity contribution in [3.8, 4) is 11.8 Å². The van der Waals surface area contributed by atoms with Gasteiger partial charge in [0.05, 0.1) is 36.9 Å². The molecule has 0 aromatic heterocycles. The third kappa shape index (κ3) is 14.8. The Bertz CT molecular complexity index is 1620. The van der Waals surface area contributed by atoms with Gasteiger partial charge in [0.2, 0.25) is 11.8 Å². The second-order valence-electron chi connectivity index (χ2n) is 12.7. The van der Waals surface area contributed by atoms with Gasteiger partial charge in [-0.2, -0.15) is 20.4 Å². The molecule has 304 valence electrons. The minimum atomic E-state index is -5.67. The Balaban J connectivity index is 1.07. The number of unbranched alkanes of at least 4 members (excludes halogenated alkanes) is 3. The first kappa shape index (κ1) is 44.2. The summed E-state index contributed by atoms with van der Waals surface area (Å²) in [6.07, 6.45) is 4.59. The predicted octanol–water partition coefficient (Wildman–Crippen LogP) is 0.551. The van der Waals surface area contributed by atoms with Crippen molar-refractivity contribution in [2.75, 3.05) is 25.4 Å². The molecule has 22 nitrogen and oxygen atoms in total. The number of nitrogens with one attached hydrogen (secondary N) is 5. The molecular weight excluding hydrogens is 799 g/mol. The zero-order chi connectivity index (χ0) is 39.5. The molecular formula is C28H46N7O15P3S. The third-order valence-electron chi connectivity index (χ3n) is 8.45. The number of hydrogen-bond acceptors (Lipinski definition) is 13. The van der Waals surface area contributed by atoms with Crippen LogP contribution in [-0.2, 0) is 41.2 Å². The zero-order valence-corrected chi connectivity index (χ0v) is 32.5. The van der Waals surface area contributed by atoms with Gasteiger partial charge in [0.15, 0.2) is 0 Å². The number of urea groups is 2. The van der Waals surface area contributed by atoms with Crippen molar-refractivity contribution < 1.29 is 70.3 Å². The molecule has 11 N–H and O–H groups in total. The average molecular weight is 846 g/mol. The monoisotopic (exact) mass is 845 g/mol. The van der Waals surface area contributed by atoms with Gasteiger partial charge in [-0.3, -0.25) is 19.0 Å². The van der Waals surface area contributed by atoms with Gasteiger partial charge in [-0.1, -0.05) is 24.7 Å². The molecule has 4 aliphatic heterocycles. The molecule has 0 spiro atoms. The van der Waals surface area contributed by atoms with Crippen LogP contribution in [0.1, 0.15) is 64.2 Å². The van der Waals surface area contributed by atoms with E-state index in [1.807, 2.05) is 11.8 Å². The Morgan fingerprint density at radius 2 is 1.69 bits per heavy atom. The number of phosphoric acid groups is 3. The van der Waals surface area contributed by atoms with E-state index >= 15 is 0 Å². The summed E-state index contributed by atoms with van der Waals surface area (Å²) >= 11 is 1.86. The molecule has 6 amide bonds. The number of rotatable bonds is 20. The molecule has 0 radical (unpaired) electrons. The van der Waals surface area contributed by atoms with Crippen LogP contribution in [0.15, 0.2) is 11.8 Å². The number of phosphoric ester groups is 1. The van der Waals surface area contributed by atoms with Crippen molar-refractivity contribution in [1.29, 1.82) is 0 Å². The fraction of sp³-hybridized carbons (Fsp3) is 0.714. The number of amides is 6. The quantitative estimate of drug-likeness (QED) is 0.0346. The minimum absolute atomic E-state index is 0.00206. The van der Waals surface area contributed by atoms with Gasteiger partial charge >= 0.3 is 35.5 Å². The molecule has 4 rings (SSSR count). The van der Waals surface area contributed by atoms with Crippen LogP contribution in [0.4, 0.5) is 9.59 Å². The first-order chi connectivity index (χ1) is 25.4. The number of carbonyl (C=O) groups is 4. The van der Waals surface area contributed by atoms with E-state index in [1.54, 1.807) is 0 Å². The third-order valence-corrected chi connectivity index (χ3v) is 13.8. The van der Waals surface area contributed by atoms with Gasteiger partial charge in [-0.25, -0.2) is 23.3 Å². The summed E-state index contributed by atoms with van der Waals surface area (Å²) in [5, 5.41) is 14.4. The zero-order valence-electron chi connectivity index (χ0n) is 29.0. The molecule has 0 bridgehead atoms. The number of carbonyl (C=O) groups excluding carboxylic acids is 4. The lowest BCUT2D eigenvalue weighted by Crippen LogP contribution is -2.54. The highest BCUT2D eigenvalue weighted by Gasteiger charge is 2.43. The molecule has 0 aromatic rings. The minimum Gasteiger partial charge on any atom is -0.356 e. The van der Waals surface area contributed by atoms with Crippen molar-refractivity contribution in [3.05, 3.63) is 11.8 Å². The summed E-state index contributed by atoms with van der Waals surface area (Å²) in [6.45, 7) is -0.114. The summed E-state index contributed by atoms with van der Waals surface area (Å²) in [6, 6.07) is -0.352. The lowest BCUT2D eigenvalue weighted by atomic mass is 10.0. The molecule has 3 saturated heterocycles. The normalized spacial score (nSPS) is 27.3. The average Bonchev–Trinajstić information content (AvgIpc) is 3.78. The molecule has 3 fully saturated rings. The molecule has 26 heteroatoms. The SMILES string of the molecule is NC1NC(=O)N([C@H]2CC[C@@H](COP(=O)(O)OP(=O)(O)OP(=O)(O)O)O2)C=C1C#CCNC(=O)CCCCCNC(=O)CCCC[C@@H]1SC[C@@H]2NC(=O)N[C@@H]21. The van der Waals surface area contributed by atoms with Crippen LogP contribution in [0.3, 0.4) is 0 Å². The van der Waals surface area contributed by atoms with Crippen LogP contribution in [0, 0.1) is 11.8 Å². The maximum Gasteiger partial charge on any atom is 0.490 e. The standard InChI is InChI=1S/C28H46N7O15P3S/c29-26-18(15-35(28(39)34-26)24-12-11-19(48-24)16-47-52(43,44)50-53(45,46)49-51(40,41)42)7-6-14-31-22(36)9-2-1-5-13-30-23(37)10-4-3-8-21-25-20(17-54-21)32-27(38)33-25/h15,19-21,24-26H,1-5,8-14,16-17,29H2,(H,30,37)(H,31,36)(H,34,39)(H,43,44)(H,45,46)(H2,32,33,38)(H2,40,41,42)/t19-,20-,21-,24+,25-,26?/m0/s1. The second kappa shape index (κ2) is 20.1. The van der Waals surface area contributed by atoms with Gasteiger partial charge in [0.25, 0.3) is 0 Å². The van der Waals surface area contributed by atoms with Crippen LogP contribution >= 0.6 is 35.2 Å². The Labute approximate surface area is 315 Å². The molecule has 4 aliphatic rings. The van der Waals surface area contributed by atoms with Crippen molar-refractivity contribution >= 4 is 59.1 Å². The molecule has 4 heterocycles. The molecule has 0 aromatic carbocycles. The lowest BCUT2D eigenvalue weighted by Gasteiger charge is -2.32. The number of fused-ring (bicyclic) bond motifs is 1. The number of ether oxygens (including phenoxy) is 1. The maximum absolute atomic E-state index is 12.6. The van der Waals surface area contributed by atoms with E-state index in [0.717, 1.165) is 37.9 Å². The topological polar surface area (TPSA) is 327 Å². The Kier molecular flexibility index (Phi) is 16.4. The van der Waals surface area contributed by atoms with Crippen LogP contribution in [-0.4, -0.2) is 110 Å². The Hall–Kier alpha value is -2.54. The number of nitrogens with two attached hydrogens (primary N) is 1. The lowest BCUT2D eigenvalue weighted by molar-refractivity contribution is -0.122. The largest absolute Gasteiger partial charge is 0.490 e. The number of hydrogen-bond donors (Lipinski definition) is 10. The van der Waals surface area contributed by atoms with Gasteiger partial charge in [-0.15, -0.1) is 0 Å². The van der Waals surface area contributed by atoms with Gasteiger partial charge in [0, 0.05) is 36.6 Å². The molecule has 0 aliphatic carbocycles. The smallest absolute Gasteiger partial charge is 0.356 e. The highest BCUT2D eigenvalue weighted by Crippen LogP contribution is 2.66. The Morgan fingerprint density at radius 3 is 2.43 bits per heavy atom. The van der Waals surface area contributed by atoms with Crippen molar-refractivity contribution in [2.24, 2.45) is 5.73 Å². The van der Waals surface area contributed by atoms with Gasteiger partial charge in [0.1, 0.15) is 12.4 Å². The van der Waals surface area contributed by atoms with E-state index in [0.29, 0.717) is 30.2 Å². The Morgan fingerprint density at radius 1 is 0.963 bits per heavy atom. The first-order valence-electron chi connectivity index (χ1n) is 17.1. The molecule has 8 atom stereocenters. The fourth-order valence-corrected chi connectivity index (χ4v) is 10.5.